The number of aryl methyl sites for hydroxylation is 1. The van der Waals surface area contributed by atoms with Crippen molar-refractivity contribution in [3.05, 3.63) is 41.6 Å². The van der Waals surface area contributed by atoms with Crippen molar-refractivity contribution in [1.82, 2.24) is 14.9 Å². The van der Waals surface area contributed by atoms with Gasteiger partial charge in [0.15, 0.2) is 11.6 Å². The first-order valence-electron chi connectivity index (χ1n) is 9.74. The van der Waals surface area contributed by atoms with E-state index in [0.717, 1.165) is 50.3 Å². The van der Waals surface area contributed by atoms with Crippen molar-refractivity contribution in [2.24, 2.45) is 0 Å². The van der Waals surface area contributed by atoms with Crippen molar-refractivity contribution in [2.75, 3.05) is 42.2 Å². The van der Waals surface area contributed by atoms with Crippen LogP contribution in [0.2, 0.25) is 0 Å². The minimum absolute atomic E-state index is 0.0533. The number of nitrogens with zero attached hydrogens (tertiary/aromatic N) is 4. The van der Waals surface area contributed by atoms with Gasteiger partial charge >= 0.3 is 0 Å². The van der Waals surface area contributed by atoms with E-state index in [1.165, 1.54) is 11.0 Å². The number of likely N-dealkylation sites (tertiary alicyclic amines) is 1. The third-order valence-corrected chi connectivity index (χ3v) is 4.96. The topological polar surface area (TPSA) is 80.2 Å². The van der Waals surface area contributed by atoms with Crippen molar-refractivity contribution < 1.29 is 8.78 Å². The van der Waals surface area contributed by atoms with Gasteiger partial charge in [0.1, 0.15) is 5.82 Å². The molecular weight excluding hydrogens is 376 g/mol. The van der Waals surface area contributed by atoms with E-state index >= 15 is 0 Å². The summed E-state index contributed by atoms with van der Waals surface area (Å²) in [4.78, 5) is 12.8. The zero-order valence-electron chi connectivity index (χ0n) is 17.0. The molecule has 2 heterocycles. The highest BCUT2D eigenvalue weighted by atomic mass is 19.2. The first-order valence-corrected chi connectivity index (χ1v) is 9.74. The Balaban J connectivity index is 1.70. The second-order valence-corrected chi connectivity index (χ2v) is 7.23. The van der Waals surface area contributed by atoms with E-state index in [1.807, 2.05) is 13.0 Å². The highest BCUT2D eigenvalue weighted by Gasteiger charge is 2.20. The Bertz CT molecular complexity index is 874. The van der Waals surface area contributed by atoms with Crippen LogP contribution < -0.4 is 15.5 Å². The van der Waals surface area contributed by atoms with E-state index in [0.29, 0.717) is 17.8 Å². The predicted octanol–water partition coefficient (Wildman–Crippen LogP) is 3.44. The number of hydrogen-bond donors (Lipinski definition) is 3. The molecule has 2 aromatic rings. The molecule has 7 nitrogen and oxygen atoms in total. The molecule has 1 aromatic heterocycles. The average Bonchev–Trinajstić information content (AvgIpc) is 2.69. The number of hydrogen-bond acceptors (Lipinski definition) is 5. The highest BCUT2D eigenvalue weighted by Crippen LogP contribution is 2.19. The summed E-state index contributed by atoms with van der Waals surface area (Å²) in [7, 11) is 1.65. The van der Waals surface area contributed by atoms with Crippen LogP contribution >= 0.6 is 0 Å². The number of anilines is 3. The molecule has 3 N–H and O–H groups in total. The summed E-state index contributed by atoms with van der Waals surface area (Å²) in [6.07, 6.45) is 2.23. The second-order valence-electron chi connectivity index (χ2n) is 7.23. The van der Waals surface area contributed by atoms with Crippen molar-refractivity contribution in [3.63, 3.8) is 0 Å². The lowest BCUT2D eigenvalue weighted by Crippen LogP contribution is -2.42. The van der Waals surface area contributed by atoms with Crippen LogP contribution in [0.3, 0.4) is 0 Å². The minimum atomic E-state index is -0.975. The molecule has 9 heteroatoms. The van der Waals surface area contributed by atoms with Crippen LogP contribution in [-0.4, -0.2) is 53.6 Å². The fourth-order valence-electron chi connectivity index (χ4n) is 3.34. The first-order chi connectivity index (χ1) is 13.9. The van der Waals surface area contributed by atoms with E-state index in [1.54, 1.807) is 7.05 Å². The van der Waals surface area contributed by atoms with Crippen molar-refractivity contribution in [2.45, 2.75) is 32.7 Å². The van der Waals surface area contributed by atoms with Crippen LogP contribution in [0.4, 0.5) is 26.2 Å². The van der Waals surface area contributed by atoms with Crippen molar-refractivity contribution >= 4 is 23.4 Å². The van der Waals surface area contributed by atoms with Gasteiger partial charge in [-0.2, -0.15) is 4.98 Å². The molecule has 0 bridgehead atoms. The number of aromatic nitrogens is 2. The molecule has 156 valence electrons. The van der Waals surface area contributed by atoms with Crippen LogP contribution in [0, 0.1) is 24.0 Å². The smallest absolute Gasteiger partial charge is 0.234 e. The van der Waals surface area contributed by atoms with Gasteiger partial charge in [-0.25, -0.2) is 13.8 Å². The normalized spacial score (nSPS) is 17.1. The monoisotopic (exact) mass is 403 g/mol. The number of benzene rings is 1. The molecule has 29 heavy (non-hydrogen) atoms. The molecule has 0 amide bonds. The number of piperidine rings is 1. The van der Waals surface area contributed by atoms with Crippen LogP contribution in [0.15, 0.2) is 24.3 Å². The predicted molar refractivity (Wildman–Crippen MR) is 112 cm³/mol. The zero-order valence-corrected chi connectivity index (χ0v) is 17.0. The molecule has 0 spiro atoms. The van der Waals surface area contributed by atoms with Crippen molar-refractivity contribution in [3.8, 4) is 0 Å². The average molecular weight is 403 g/mol. The molecule has 1 aromatic carbocycles. The minimum Gasteiger partial charge on any atom is -0.366 e. The van der Waals surface area contributed by atoms with E-state index in [-0.39, 0.29) is 11.6 Å². The Hall–Kier alpha value is -2.81. The molecule has 1 atom stereocenters. The van der Waals surface area contributed by atoms with Crippen molar-refractivity contribution in [1.29, 1.82) is 5.41 Å². The van der Waals surface area contributed by atoms with Gasteiger partial charge < -0.3 is 15.5 Å². The van der Waals surface area contributed by atoms with E-state index in [2.05, 4.69) is 32.4 Å². The van der Waals surface area contributed by atoms with Crippen LogP contribution in [0.25, 0.3) is 0 Å². The maximum Gasteiger partial charge on any atom is 0.234 e. The Labute approximate surface area is 169 Å². The Morgan fingerprint density at radius 3 is 2.79 bits per heavy atom. The number of halogens is 2. The standard InChI is InChI=1S/C20H27F2N7/c1-4-29-9-5-6-15(12-29)25-18-10-13(2)24-20(27-18)28(3)19(23)26-14-7-8-16(21)17(22)11-14/h7-8,10-11,15H,4-6,9,12H2,1-3H3,(H2,23,26)(H,24,25,27). The van der Waals surface area contributed by atoms with Gasteiger partial charge in [0.05, 0.1) is 0 Å². The summed E-state index contributed by atoms with van der Waals surface area (Å²) < 4.78 is 26.5. The summed E-state index contributed by atoms with van der Waals surface area (Å²) in [6, 6.07) is 5.59. The fourth-order valence-corrected chi connectivity index (χ4v) is 3.34. The number of nitrogens with one attached hydrogen (secondary N) is 3. The van der Waals surface area contributed by atoms with Gasteiger partial charge in [0.2, 0.25) is 11.9 Å². The number of likely N-dealkylation sites (N-methyl/N-ethyl adjacent to an activating group) is 1. The molecule has 1 aliphatic heterocycles. The first kappa shape index (κ1) is 20.9. The molecule has 0 aliphatic carbocycles. The summed E-state index contributed by atoms with van der Waals surface area (Å²) in [6.45, 7) is 7.16. The maximum absolute atomic E-state index is 13.4. The van der Waals surface area contributed by atoms with E-state index < -0.39 is 11.6 Å². The summed E-state index contributed by atoms with van der Waals surface area (Å²) in [5.41, 5.74) is 1.04. The molecule has 1 saturated heterocycles. The molecule has 1 unspecified atom stereocenters. The molecule has 1 fully saturated rings. The van der Waals surface area contributed by atoms with E-state index in [4.69, 9.17) is 5.41 Å². The van der Waals surface area contributed by atoms with Gasteiger partial charge in [-0.3, -0.25) is 10.3 Å². The van der Waals surface area contributed by atoms with Crippen LogP contribution in [-0.2, 0) is 0 Å². The Morgan fingerprint density at radius 2 is 2.07 bits per heavy atom. The molecule has 1 aliphatic rings. The summed E-state index contributed by atoms with van der Waals surface area (Å²) in [5.74, 6) is -0.907. The molecule has 0 saturated carbocycles. The SMILES string of the molecule is CCN1CCCC(Nc2cc(C)nc(N(C)C(=N)Nc3ccc(F)c(F)c3)n2)C1. The van der Waals surface area contributed by atoms with Crippen LogP contribution in [0.5, 0.6) is 0 Å². The zero-order chi connectivity index (χ0) is 21.0. The van der Waals surface area contributed by atoms with Crippen LogP contribution in [0.1, 0.15) is 25.5 Å². The molecular formula is C20H27F2N7. The summed E-state index contributed by atoms with van der Waals surface area (Å²) in [5, 5.41) is 14.4. The number of guanidine groups is 1. The van der Waals surface area contributed by atoms with E-state index in [9.17, 15) is 8.78 Å². The van der Waals surface area contributed by atoms with Gasteiger partial charge in [0.25, 0.3) is 0 Å². The van der Waals surface area contributed by atoms with Gasteiger partial charge in [0, 0.05) is 43.1 Å². The van der Waals surface area contributed by atoms with Gasteiger partial charge in [-0.05, 0) is 45.0 Å². The highest BCUT2D eigenvalue weighted by molar-refractivity contribution is 6.01. The quantitative estimate of drug-likeness (QED) is 0.524. The molecule has 3 rings (SSSR count). The second kappa shape index (κ2) is 9.13. The fraction of sp³-hybridized carbons (Fsp3) is 0.450. The lowest BCUT2D eigenvalue weighted by Gasteiger charge is -2.32. The van der Waals surface area contributed by atoms with Gasteiger partial charge in [-0.1, -0.05) is 6.92 Å². The summed E-state index contributed by atoms with van der Waals surface area (Å²) >= 11 is 0. The third-order valence-electron chi connectivity index (χ3n) is 4.96. The Morgan fingerprint density at radius 1 is 1.28 bits per heavy atom. The maximum atomic E-state index is 13.4. The Kier molecular flexibility index (Phi) is 6.58. The van der Waals surface area contributed by atoms with Gasteiger partial charge in [-0.15, -0.1) is 0 Å². The lowest BCUT2D eigenvalue weighted by molar-refractivity contribution is 0.226. The lowest BCUT2D eigenvalue weighted by atomic mass is 10.1. The molecule has 0 radical (unpaired) electrons. The number of rotatable bonds is 5. The third kappa shape index (κ3) is 5.38. The largest absolute Gasteiger partial charge is 0.366 e.